The fourth-order valence-corrected chi connectivity index (χ4v) is 5.10. The maximum Gasteiger partial charge on any atom is 0.0757 e. The Kier molecular flexibility index (Phi) is 4.19. The van der Waals surface area contributed by atoms with Crippen LogP contribution < -0.4 is 0 Å². The third-order valence-electron chi connectivity index (χ3n) is 5.64. The van der Waals surface area contributed by atoms with Crippen LogP contribution in [0.3, 0.4) is 0 Å². The van der Waals surface area contributed by atoms with Gasteiger partial charge in [-0.15, -0.1) is 0 Å². The van der Waals surface area contributed by atoms with Crippen LogP contribution in [0.5, 0.6) is 0 Å². The molecule has 0 radical (unpaired) electrons. The molecule has 0 aliphatic heterocycles. The Balaban J connectivity index is 2.33. The van der Waals surface area contributed by atoms with Crippen molar-refractivity contribution in [2.45, 2.75) is 99.5 Å². The predicted octanol–water partition coefficient (Wildman–Crippen LogP) is 6.63. The fraction of sp³-hybridized carbons (Fsp3) is 0.708. The van der Waals surface area contributed by atoms with Crippen molar-refractivity contribution in [1.82, 2.24) is 9.78 Å². The van der Waals surface area contributed by atoms with E-state index in [4.69, 9.17) is 5.10 Å². The van der Waals surface area contributed by atoms with E-state index in [-0.39, 0.29) is 11.0 Å². The molecule has 2 heteroatoms. The summed E-state index contributed by atoms with van der Waals surface area (Å²) in [6.07, 6.45) is 3.58. The molecule has 2 nitrogen and oxygen atoms in total. The number of benzene rings is 1. The molecule has 2 aromatic rings. The van der Waals surface area contributed by atoms with Crippen molar-refractivity contribution in [3.63, 3.8) is 0 Å². The van der Waals surface area contributed by atoms with E-state index in [0.717, 1.165) is 12.8 Å². The van der Waals surface area contributed by atoms with Gasteiger partial charge in [0.15, 0.2) is 0 Å². The number of aromatic nitrogens is 2. The summed E-state index contributed by atoms with van der Waals surface area (Å²) in [5.74, 6) is 0. The van der Waals surface area contributed by atoms with Crippen LogP contribution in [0.15, 0.2) is 12.1 Å². The summed E-state index contributed by atoms with van der Waals surface area (Å²) >= 11 is 0. The van der Waals surface area contributed by atoms with E-state index in [9.17, 15) is 0 Å². The molecule has 0 fully saturated rings. The van der Waals surface area contributed by atoms with E-state index in [1.165, 1.54) is 34.1 Å². The minimum atomic E-state index is -0.0183. The Labute approximate surface area is 160 Å². The molecule has 0 spiro atoms. The van der Waals surface area contributed by atoms with Crippen LogP contribution in [0, 0.1) is 10.8 Å². The van der Waals surface area contributed by atoms with Crippen LogP contribution in [0.25, 0.3) is 10.9 Å². The Morgan fingerprint density at radius 1 is 0.846 bits per heavy atom. The summed E-state index contributed by atoms with van der Waals surface area (Å²) in [7, 11) is 0. The Morgan fingerprint density at radius 3 is 1.81 bits per heavy atom. The van der Waals surface area contributed by atoms with Crippen LogP contribution in [-0.2, 0) is 23.8 Å². The summed E-state index contributed by atoms with van der Waals surface area (Å²) in [4.78, 5) is 0. The first-order chi connectivity index (χ1) is 11.6. The van der Waals surface area contributed by atoms with E-state index >= 15 is 0 Å². The van der Waals surface area contributed by atoms with E-state index in [1.54, 1.807) is 0 Å². The van der Waals surface area contributed by atoms with Gasteiger partial charge < -0.3 is 0 Å². The van der Waals surface area contributed by atoms with Crippen molar-refractivity contribution >= 4 is 10.9 Å². The second kappa shape index (κ2) is 5.59. The highest BCUT2D eigenvalue weighted by molar-refractivity contribution is 5.85. The number of fused-ring (bicyclic) bond motifs is 2. The zero-order chi connectivity index (χ0) is 19.7. The zero-order valence-corrected chi connectivity index (χ0v) is 18.7. The second-order valence-electron chi connectivity index (χ2n) is 12.2. The van der Waals surface area contributed by atoms with E-state index in [1.807, 2.05) is 0 Å². The monoisotopic (exact) mass is 354 g/mol. The molecule has 0 N–H and O–H groups in total. The first-order valence-electron chi connectivity index (χ1n) is 10.1. The molecule has 3 rings (SSSR count). The first kappa shape index (κ1) is 19.5. The Bertz CT molecular complexity index is 768. The molecule has 1 aliphatic rings. The maximum atomic E-state index is 5.12. The molecule has 0 unspecified atom stereocenters. The van der Waals surface area contributed by atoms with Gasteiger partial charge in [-0.2, -0.15) is 5.10 Å². The van der Waals surface area contributed by atoms with Gasteiger partial charge in [-0.05, 0) is 74.1 Å². The average Bonchev–Trinajstić information content (AvgIpc) is 2.70. The van der Waals surface area contributed by atoms with E-state index in [0.29, 0.717) is 10.8 Å². The van der Waals surface area contributed by atoms with Crippen LogP contribution >= 0.6 is 0 Å². The molecule has 1 aromatic heterocycles. The Morgan fingerprint density at radius 2 is 1.35 bits per heavy atom. The summed E-state index contributed by atoms with van der Waals surface area (Å²) in [5, 5.41) is 6.46. The van der Waals surface area contributed by atoms with Crippen molar-refractivity contribution in [1.29, 1.82) is 0 Å². The summed E-state index contributed by atoms with van der Waals surface area (Å²) in [5.41, 5.74) is 6.29. The van der Waals surface area contributed by atoms with Crippen molar-refractivity contribution < 1.29 is 0 Å². The van der Waals surface area contributed by atoms with Gasteiger partial charge in [0.25, 0.3) is 0 Å². The third-order valence-corrected chi connectivity index (χ3v) is 5.64. The minimum Gasteiger partial charge on any atom is -0.259 e. The summed E-state index contributed by atoms with van der Waals surface area (Å²) in [6.45, 7) is 23.3. The lowest BCUT2D eigenvalue weighted by Gasteiger charge is -2.31. The highest BCUT2D eigenvalue weighted by Crippen LogP contribution is 2.44. The van der Waals surface area contributed by atoms with Gasteiger partial charge >= 0.3 is 0 Å². The topological polar surface area (TPSA) is 17.8 Å². The van der Waals surface area contributed by atoms with Crippen LogP contribution in [-0.4, -0.2) is 9.78 Å². The summed E-state index contributed by atoms with van der Waals surface area (Å²) in [6, 6.07) is 4.94. The van der Waals surface area contributed by atoms with Gasteiger partial charge in [0.1, 0.15) is 0 Å². The molecular weight excluding hydrogens is 316 g/mol. The van der Waals surface area contributed by atoms with Crippen molar-refractivity contribution in [2.24, 2.45) is 10.8 Å². The van der Waals surface area contributed by atoms with Gasteiger partial charge in [0.2, 0.25) is 0 Å². The minimum absolute atomic E-state index is 0.0183. The quantitative estimate of drug-likeness (QED) is 0.485. The smallest absolute Gasteiger partial charge is 0.0757 e. The molecule has 1 heterocycles. The van der Waals surface area contributed by atoms with Crippen molar-refractivity contribution in [3.05, 3.63) is 29.0 Å². The normalized spacial score (nSPS) is 20.1. The predicted molar refractivity (Wildman–Crippen MR) is 113 cm³/mol. The lowest BCUT2D eigenvalue weighted by Crippen LogP contribution is -2.24. The molecule has 26 heavy (non-hydrogen) atoms. The molecule has 0 atom stereocenters. The van der Waals surface area contributed by atoms with E-state index in [2.05, 4.69) is 86.1 Å². The van der Waals surface area contributed by atoms with Gasteiger partial charge in [0.05, 0.1) is 16.7 Å². The van der Waals surface area contributed by atoms with Gasteiger partial charge in [-0.25, -0.2) is 0 Å². The van der Waals surface area contributed by atoms with Crippen molar-refractivity contribution in [3.8, 4) is 0 Å². The molecule has 1 aromatic carbocycles. The maximum absolute atomic E-state index is 5.12. The fourth-order valence-electron chi connectivity index (χ4n) is 5.10. The van der Waals surface area contributed by atoms with Crippen LogP contribution in [0.1, 0.15) is 92.5 Å². The van der Waals surface area contributed by atoms with E-state index < -0.39 is 0 Å². The number of hydrogen-bond donors (Lipinski definition) is 0. The standard InChI is InChI=1S/C24H38N2/c1-21(2,3)20-18-11-16-13-23(7,8)15-24(9,10)14-17(16)12-19(18)26(25-20)22(4,5)6/h11-12H,13-15H2,1-10H3. The first-order valence-corrected chi connectivity index (χ1v) is 10.1. The lowest BCUT2D eigenvalue weighted by atomic mass is 9.73. The highest BCUT2D eigenvalue weighted by Gasteiger charge is 2.35. The molecule has 144 valence electrons. The number of hydrogen-bond acceptors (Lipinski definition) is 1. The van der Waals surface area contributed by atoms with Gasteiger partial charge in [0, 0.05) is 10.8 Å². The second-order valence-corrected chi connectivity index (χ2v) is 12.2. The third kappa shape index (κ3) is 3.57. The van der Waals surface area contributed by atoms with Crippen LogP contribution in [0.4, 0.5) is 0 Å². The van der Waals surface area contributed by atoms with Gasteiger partial charge in [-0.1, -0.05) is 48.5 Å². The largest absolute Gasteiger partial charge is 0.259 e. The molecule has 1 aliphatic carbocycles. The van der Waals surface area contributed by atoms with Crippen LogP contribution in [0.2, 0.25) is 0 Å². The molecule has 0 bridgehead atoms. The zero-order valence-electron chi connectivity index (χ0n) is 18.7. The van der Waals surface area contributed by atoms with Gasteiger partial charge in [-0.3, -0.25) is 4.68 Å². The molecule has 0 saturated carbocycles. The summed E-state index contributed by atoms with van der Waals surface area (Å²) < 4.78 is 2.26. The highest BCUT2D eigenvalue weighted by atomic mass is 15.3. The molecule has 0 saturated heterocycles. The molecule has 0 amide bonds. The molecular formula is C24H38N2. The lowest BCUT2D eigenvalue weighted by molar-refractivity contribution is 0.204. The SMILES string of the molecule is CC1(C)Cc2cc3c(C(C)(C)C)nn(C(C)(C)C)c3cc2CC(C)(C)C1. The number of nitrogens with zero attached hydrogens (tertiary/aromatic N) is 2. The van der Waals surface area contributed by atoms with Crippen molar-refractivity contribution in [2.75, 3.05) is 0 Å². The Hall–Kier alpha value is -1.31. The number of rotatable bonds is 0. The average molecular weight is 355 g/mol.